The number of rotatable bonds is 5. The van der Waals surface area contributed by atoms with E-state index in [1.54, 1.807) is 7.11 Å². The Morgan fingerprint density at radius 2 is 1.89 bits per heavy atom. The fraction of sp³-hybridized carbons (Fsp3) is 0.625. The van der Waals surface area contributed by atoms with Crippen molar-refractivity contribution in [3.8, 4) is 5.75 Å². The third kappa shape index (κ3) is 4.02. The first-order valence-electron chi connectivity index (χ1n) is 6.68. The van der Waals surface area contributed by atoms with Gasteiger partial charge in [-0.2, -0.15) is 0 Å². The molecule has 1 rings (SSSR count). The lowest BCUT2D eigenvalue weighted by atomic mass is 9.95. The summed E-state index contributed by atoms with van der Waals surface area (Å²) in [5, 5.41) is 0. The SMILES string of the molecule is CCC(C)c1cccc(OC(OC)C(C)(C)C)c1. The Balaban J connectivity index is 2.84. The fourth-order valence-corrected chi connectivity index (χ4v) is 1.83. The van der Waals surface area contributed by atoms with Crippen molar-refractivity contribution in [1.29, 1.82) is 0 Å². The Kier molecular flexibility index (Phi) is 5.21. The molecule has 0 N–H and O–H groups in total. The second kappa shape index (κ2) is 6.24. The van der Waals surface area contributed by atoms with E-state index in [4.69, 9.17) is 9.47 Å². The summed E-state index contributed by atoms with van der Waals surface area (Å²) >= 11 is 0. The van der Waals surface area contributed by atoms with Crippen molar-refractivity contribution >= 4 is 0 Å². The molecular formula is C16H26O2. The zero-order valence-electron chi connectivity index (χ0n) is 12.5. The normalized spacial score (nSPS) is 15.2. The number of hydrogen-bond donors (Lipinski definition) is 0. The van der Waals surface area contributed by atoms with Crippen LogP contribution in [0.3, 0.4) is 0 Å². The highest BCUT2D eigenvalue weighted by atomic mass is 16.7. The summed E-state index contributed by atoms with van der Waals surface area (Å²) in [7, 11) is 1.69. The van der Waals surface area contributed by atoms with Crippen molar-refractivity contribution in [2.24, 2.45) is 5.41 Å². The topological polar surface area (TPSA) is 18.5 Å². The lowest BCUT2D eigenvalue weighted by Gasteiger charge is -2.29. The van der Waals surface area contributed by atoms with Crippen molar-refractivity contribution in [3.63, 3.8) is 0 Å². The van der Waals surface area contributed by atoms with Gasteiger partial charge in [0.15, 0.2) is 0 Å². The van der Waals surface area contributed by atoms with Crippen LogP contribution in [0, 0.1) is 5.41 Å². The van der Waals surface area contributed by atoms with E-state index < -0.39 is 0 Å². The molecule has 0 amide bonds. The van der Waals surface area contributed by atoms with Crippen LogP contribution < -0.4 is 4.74 Å². The Morgan fingerprint density at radius 1 is 1.22 bits per heavy atom. The maximum absolute atomic E-state index is 5.94. The lowest BCUT2D eigenvalue weighted by molar-refractivity contribution is -0.120. The van der Waals surface area contributed by atoms with Crippen molar-refractivity contribution in [2.45, 2.75) is 53.2 Å². The average molecular weight is 250 g/mol. The van der Waals surface area contributed by atoms with Crippen molar-refractivity contribution < 1.29 is 9.47 Å². The molecule has 0 spiro atoms. The molecule has 0 aliphatic carbocycles. The zero-order valence-corrected chi connectivity index (χ0v) is 12.5. The summed E-state index contributed by atoms with van der Waals surface area (Å²) in [5.74, 6) is 1.44. The molecule has 0 radical (unpaired) electrons. The van der Waals surface area contributed by atoms with Gasteiger partial charge in [0.05, 0.1) is 0 Å². The van der Waals surface area contributed by atoms with Crippen LogP contribution in [0.25, 0.3) is 0 Å². The Bertz CT molecular complexity index is 366. The molecule has 2 atom stereocenters. The highest BCUT2D eigenvalue weighted by molar-refractivity contribution is 5.30. The second-order valence-corrected chi connectivity index (χ2v) is 5.93. The molecule has 0 aliphatic heterocycles. The van der Waals surface area contributed by atoms with Crippen LogP contribution in [-0.4, -0.2) is 13.4 Å². The van der Waals surface area contributed by atoms with Crippen LogP contribution in [0.15, 0.2) is 24.3 Å². The number of methoxy groups -OCH3 is 1. The Labute approximate surface area is 111 Å². The minimum atomic E-state index is -0.232. The minimum absolute atomic E-state index is 0.0405. The first kappa shape index (κ1) is 15.0. The highest BCUT2D eigenvalue weighted by Gasteiger charge is 2.26. The van der Waals surface area contributed by atoms with Gasteiger partial charge in [-0.15, -0.1) is 0 Å². The number of benzene rings is 1. The summed E-state index contributed by atoms with van der Waals surface area (Å²) in [4.78, 5) is 0. The maximum atomic E-state index is 5.94. The third-order valence-corrected chi connectivity index (χ3v) is 3.20. The van der Waals surface area contributed by atoms with Crippen molar-refractivity contribution in [2.75, 3.05) is 7.11 Å². The molecular weight excluding hydrogens is 224 g/mol. The Hall–Kier alpha value is -1.02. The molecule has 0 saturated carbocycles. The van der Waals surface area contributed by atoms with Gasteiger partial charge in [0.25, 0.3) is 0 Å². The summed E-state index contributed by atoms with van der Waals surface area (Å²) in [5.41, 5.74) is 1.28. The summed E-state index contributed by atoms with van der Waals surface area (Å²) in [6, 6.07) is 8.31. The quantitative estimate of drug-likeness (QED) is 0.711. The van der Waals surface area contributed by atoms with Crippen LogP contribution in [0.5, 0.6) is 5.75 Å². The molecule has 102 valence electrons. The van der Waals surface area contributed by atoms with E-state index in [1.165, 1.54) is 5.56 Å². The monoisotopic (exact) mass is 250 g/mol. The van der Waals surface area contributed by atoms with Crippen molar-refractivity contribution in [1.82, 2.24) is 0 Å². The molecule has 0 aromatic heterocycles. The standard InChI is InChI=1S/C16H26O2/c1-7-12(2)13-9-8-10-14(11-13)18-15(17-6)16(3,4)5/h8-12,15H,7H2,1-6H3. The number of hydrogen-bond acceptors (Lipinski definition) is 2. The summed E-state index contributed by atoms with van der Waals surface area (Å²) < 4.78 is 11.4. The lowest BCUT2D eigenvalue weighted by Crippen LogP contribution is -2.33. The van der Waals surface area contributed by atoms with Gasteiger partial charge in [0.1, 0.15) is 5.75 Å². The molecule has 0 aliphatic rings. The first-order valence-corrected chi connectivity index (χ1v) is 6.68. The fourth-order valence-electron chi connectivity index (χ4n) is 1.83. The van der Waals surface area contributed by atoms with Crippen molar-refractivity contribution in [3.05, 3.63) is 29.8 Å². The van der Waals surface area contributed by atoms with E-state index in [1.807, 2.05) is 12.1 Å². The van der Waals surface area contributed by atoms with Gasteiger partial charge in [-0.25, -0.2) is 0 Å². The highest BCUT2D eigenvalue weighted by Crippen LogP contribution is 2.28. The van der Waals surface area contributed by atoms with Crippen LogP contribution in [0.1, 0.15) is 52.5 Å². The van der Waals surface area contributed by atoms with Crippen LogP contribution in [0.4, 0.5) is 0 Å². The predicted molar refractivity (Wildman–Crippen MR) is 76.0 cm³/mol. The second-order valence-electron chi connectivity index (χ2n) is 5.93. The van der Waals surface area contributed by atoms with Gasteiger partial charge < -0.3 is 9.47 Å². The molecule has 2 nitrogen and oxygen atoms in total. The average Bonchev–Trinajstić information content (AvgIpc) is 2.33. The van der Waals surface area contributed by atoms with Gasteiger partial charge >= 0.3 is 0 Å². The van der Waals surface area contributed by atoms with Crippen LogP contribution >= 0.6 is 0 Å². The molecule has 0 bridgehead atoms. The van der Waals surface area contributed by atoms with E-state index in [-0.39, 0.29) is 11.7 Å². The molecule has 2 heteroatoms. The maximum Gasteiger partial charge on any atom is 0.204 e. The van der Waals surface area contributed by atoms with Gasteiger partial charge in [-0.3, -0.25) is 0 Å². The number of ether oxygens (including phenoxy) is 2. The Morgan fingerprint density at radius 3 is 2.39 bits per heavy atom. The molecule has 1 aromatic carbocycles. The zero-order chi connectivity index (χ0) is 13.8. The van der Waals surface area contributed by atoms with E-state index in [0.29, 0.717) is 5.92 Å². The third-order valence-electron chi connectivity index (χ3n) is 3.20. The van der Waals surface area contributed by atoms with Gasteiger partial charge in [0, 0.05) is 12.5 Å². The van der Waals surface area contributed by atoms with Crippen LogP contribution in [0.2, 0.25) is 0 Å². The van der Waals surface area contributed by atoms with E-state index in [2.05, 4.69) is 46.8 Å². The summed E-state index contributed by atoms with van der Waals surface area (Å²) in [6.07, 6.45) is 0.904. The van der Waals surface area contributed by atoms with Gasteiger partial charge in [-0.05, 0) is 30.0 Å². The van der Waals surface area contributed by atoms with Crippen LogP contribution in [-0.2, 0) is 4.74 Å². The minimum Gasteiger partial charge on any atom is -0.464 e. The molecule has 0 saturated heterocycles. The molecule has 18 heavy (non-hydrogen) atoms. The van der Waals surface area contributed by atoms with E-state index >= 15 is 0 Å². The first-order chi connectivity index (χ1) is 8.38. The van der Waals surface area contributed by atoms with E-state index in [0.717, 1.165) is 12.2 Å². The smallest absolute Gasteiger partial charge is 0.204 e. The largest absolute Gasteiger partial charge is 0.464 e. The molecule has 0 heterocycles. The molecule has 1 aromatic rings. The van der Waals surface area contributed by atoms with Gasteiger partial charge in [-0.1, -0.05) is 46.8 Å². The molecule has 2 unspecified atom stereocenters. The molecule has 0 fully saturated rings. The predicted octanol–water partition coefficient (Wildman–Crippen LogP) is 4.60. The van der Waals surface area contributed by atoms with Gasteiger partial charge in [0.2, 0.25) is 6.29 Å². The van der Waals surface area contributed by atoms with E-state index in [9.17, 15) is 0 Å². The summed E-state index contributed by atoms with van der Waals surface area (Å²) in [6.45, 7) is 10.8.